The lowest BCUT2D eigenvalue weighted by atomic mass is 9.90. The summed E-state index contributed by atoms with van der Waals surface area (Å²) in [7, 11) is -1.01. The van der Waals surface area contributed by atoms with Gasteiger partial charge in [-0.3, -0.25) is 14.4 Å². The van der Waals surface area contributed by atoms with Gasteiger partial charge in [0.05, 0.1) is 29.1 Å². The van der Waals surface area contributed by atoms with Crippen LogP contribution in [0.25, 0.3) is 0 Å². The third-order valence-electron chi connectivity index (χ3n) is 4.58. The van der Waals surface area contributed by atoms with E-state index in [2.05, 4.69) is 10.8 Å². The topological polar surface area (TPSA) is 76.7 Å². The molecule has 2 rings (SSSR count). The average molecular weight is 593 g/mol. The maximum absolute atomic E-state index is 14.8. The maximum Gasteiger partial charge on any atom is 0.277 e. The molecular weight excluding hydrogens is 568 g/mol. The highest BCUT2D eigenvalue weighted by Gasteiger charge is 2.29. The van der Waals surface area contributed by atoms with Crippen molar-refractivity contribution in [1.29, 1.82) is 0 Å². The zero-order valence-electron chi connectivity index (χ0n) is 18.8. The standard InChI is InChI=1S/C22H25F3IN2O4Si/c1-22(2,3)17(11-31-33(4)5)32-28-21(30)14-8-12(10-29)18(24)19(25)20(14)27-16-7-6-13(26)9-15(16)23/h6-10,17,27H,11H2,1-5H3,(H,28,30). The Morgan fingerprint density at radius 2 is 1.85 bits per heavy atom. The van der Waals surface area contributed by atoms with Crippen molar-refractivity contribution in [3.05, 3.63) is 56.4 Å². The lowest BCUT2D eigenvalue weighted by Crippen LogP contribution is -2.41. The van der Waals surface area contributed by atoms with Crippen molar-refractivity contribution in [2.45, 2.75) is 40.0 Å². The lowest BCUT2D eigenvalue weighted by Gasteiger charge is -2.30. The molecule has 1 atom stereocenters. The fourth-order valence-corrected chi connectivity index (χ4v) is 3.58. The van der Waals surface area contributed by atoms with Crippen molar-refractivity contribution < 1.29 is 32.0 Å². The van der Waals surface area contributed by atoms with Crippen LogP contribution in [0.1, 0.15) is 41.5 Å². The summed E-state index contributed by atoms with van der Waals surface area (Å²) in [6, 6.07) is 4.93. The van der Waals surface area contributed by atoms with Crippen molar-refractivity contribution in [2.24, 2.45) is 5.41 Å². The van der Waals surface area contributed by atoms with Gasteiger partial charge in [-0.25, -0.2) is 18.7 Å². The summed E-state index contributed by atoms with van der Waals surface area (Å²) in [5, 5.41) is 2.42. The summed E-state index contributed by atoms with van der Waals surface area (Å²) in [5.41, 5.74) is -0.0881. The Morgan fingerprint density at radius 1 is 1.18 bits per heavy atom. The number of aldehydes is 1. The van der Waals surface area contributed by atoms with E-state index < -0.39 is 60.7 Å². The smallest absolute Gasteiger partial charge is 0.277 e. The SMILES string of the molecule is C[Si](C)OCC(ONC(=O)c1cc(C=O)c(F)c(F)c1Nc1ccc(I)cc1F)C(C)(C)C. The molecule has 179 valence electrons. The van der Waals surface area contributed by atoms with E-state index >= 15 is 0 Å². The molecule has 2 N–H and O–H groups in total. The first kappa shape index (κ1) is 27.3. The highest BCUT2D eigenvalue weighted by Crippen LogP contribution is 2.30. The van der Waals surface area contributed by atoms with Crippen LogP contribution in [0.4, 0.5) is 24.5 Å². The van der Waals surface area contributed by atoms with Gasteiger partial charge in [-0.05, 0) is 65.4 Å². The van der Waals surface area contributed by atoms with Gasteiger partial charge in [0.1, 0.15) is 11.9 Å². The lowest BCUT2D eigenvalue weighted by molar-refractivity contribution is -0.0839. The molecule has 0 saturated carbocycles. The van der Waals surface area contributed by atoms with Crippen molar-refractivity contribution in [3.63, 3.8) is 0 Å². The molecule has 2 aromatic rings. The van der Waals surface area contributed by atoms with Crippen molar-refractivity contribution in [3.8, 4) is 0 Å². The number of carbonyl (C=O) groups excluding carboxylic acids is 2. The fraction of sp³-hybridized carbons (Fsp3) is 0.364. The molecule has 0 bridgehead atoms. The van der Waals surface area contributed by atoms with Crippen LogP contribution < -0.4 is 10.8 Å². The van der Waals surface area contributed by atoms with Crippen molar-refractivity contribution in [2.75, 3.05) is 11.9 Å². The van der Waals surface area contributed by atoms with Crippen LogP contribution >= 0.6 is 22.6 Å². The summed E-state index contributed by atoms with van der Waals surface area (Å²) in [6.45, 7) is 9.78. The second-order valence-corrected chi connectivity index (χ2v) is 11.9. The minimum absolute atomic E-state index is 0.0864. The summed E-state index contributed by atoms with van der Waals surface area (Å²) in [4.78, 5) is 29.6. The second kappa shape index (κ2) is 11.4. The van der Waals surface area contributed by atoms with Gasteiger partial charge in [0.2, 0.25) is 9.04 Å². The van der Waals surface area contributed by atoms with Crippen LogP contribution in [0, 0.1) is 26.4 Å². The number of benzene rings is 2. The monoisotopic (exact) mass is 593 g/mol. The molecular formula is C22H25F3IN2O4Si. The van der Waals surface area contributed by atoms with Crippen LogP contribution in [0.5, 0.6) is 0 Å². The largest absolute Gasteiger partial charge is 0.414 e. The predicted molar refractivity (Wildman–Crippen MR) is 129 cm³/mol. The summed E-state index contributed by atoms with van der Waals surface area (Å²) >= 11 is 1.90. The van der Waals surface area contributed by atoms with E-state index in [9.17, 15) is 22.8 Å². The van der Waals surface area contributed by atoms with Crippen molar-refractivity contribution in [1.82, 2.24) is 5.48 Å². The summed E-state index contributed by atoms with van der Waals surface area (Å²) < 4.78 is 49.7. The number of carbonyl (C=O) groups is 2. The van der Waals surface area contributed by atoms with Gasteiger partial charge < -0.3 is 9.74 Å². The van der Waals surface area contributed by atoms with Gasteiger partial charge >= 0.3 is 0 Å². The molecule has 33 heavy (non-hydrogen) atoms. The molecule has 1 amide bonds. The highest BCUT2D eigenvalue weighted by molar-refractivity contribution is 14.1. The quantitative estimate of drug-likeness (QED) is 0.171. The minimum atomic E-state index is -1.50. The molecule has 0 saturated heterocycles. The average Bonchev–Trinajstić information content (AvgIpc) is 2.71. The molecule has 0 fully saturated rings. The molecule has 0 aliphatic carbocycles. The number of hydroxylamine groups is 1. The third kappa shape index (κ3) is 7.26. The zero-order valence-corrected chi connectivity index (χ0v) is 22.0. The Morgan fingerprint density at radius 3 is 2.39 bits per heavy atom. The molecule has 1 unspecified atom stereocenters. The van der Waals surface area contributed by atoms with E-state index in [0.717, 1.165) is 6.07 Å². The number of hydrogen-bond donors (Lipinski definition) is 2. The first-order chi connectivity index (χ1) is 15.3. The van der Waals surface area contributed by atoms with E-state index in [0.29, 0.717) is 3.57 Å². The van der Waals surface area contributed by atoms with Crippen LogP contribution in [0.3, 0.4) is 0 Å². The molecule has 2 aromatic carbocycles. The molecule has 0 spiro atoms. The molecule has 1 radical (unpaired) electrons. The highest BCUT2D eigenvalue weighted by atomic mass is 127. The van der Waals surface area contributed by atoms with Gasteiger partial charge in [-0.2, -0.15) is 0 Å². The number of rotatable bonds is 9. The van der Waals surface area contributed by atoms with E-state index in [1.165, 1.54) is 12.1 Å². The first-order valence-electron chi connectivity index (χ1n) is 9.93. The van der Waals surface area contributed by atoms with Gasteiger partial charge in [0.25, 0.3) is 5.91 Å². The summed E-state index contributed by atoms with van der Waals surface area (Å²) in [5.74, 6) is -4.64. The normalized spacial score (nSPS) is 12.5. The van der Waals surface area contributed by atoms with Gasteiger partial charge in [0, 0.05) is 3.57 Å². The third-order valence-corrected chi connectivity index (χ3v) is 6.00. The van der Waals surface area contributed by atoms with Gasteiger partial charge in [-0.1, -0.05) is 20.8 Å². The number of nitrogens with one attached hydrogen (secondary N) is 2. The molecule has 0 aliphatic rings. The first-order valence-corrected chi connectivity index (χ1v) is 13.4. The number of amides is 1. The molecule has 11 heteroatoms. The Balaban J connectivity index is 2.39. The van der Waals surface area contributed by atoms with E-state index in [1.54, 1.807) is 6.07 Å². The fourth-order valence-electron chi connectivity index (χ4n) is 2.64. The van der Waals surface area contributed by atoms with Crippen LogP contribution in [0.2, 0.25) is 13.1 Å². The molecule has 6 nitrogen and oxygen atoms in total. The van der Waals surface area contributed by atoms with Gasteiger partial charge in [0.15, 0.2) is 17.9 Å². The van der Waals surface area contributed by atoms with Crippen LogP contribution in [-0.2, 0) is 9.26 Å². The van der Waals surface area contributed by atoms with E-state index in [4.69, 9.17) is 9.26 Å². The number of anilines is 2. The van der Waals surface area contributed by atoms with E-state index in [-0.39, 0.29) is 18.6 Å². The van der Waals surface area contributed by atoms with E-state index in [1.807, 2.05) is 56.5 Å². The Kier molecular flexibility index (Phi) is 9.46. The van der Waals surface area contributed by atoms with Crippen LogP contribution in [-0.4, -0.2) is 33.9 Å². The van der Waals surface area contributed by atoms with Crippen molar-refractivity contribution >= 4 is 55.2 Å². The summed E-state index contributed by atoms with van der Waals surface area (Å²) in [6.07, 6.45) is -0.467. The zero-order chi connectivity index (χ0) is 24.9. The second-order valence-electron chi connectivity index (χ2n) is 8.51. The Labute approximate surface area is 206 Å². The van der Waals surface area contributed by atoms with Crippen LogP contribution in [0.15, 0.2) is 24.3 Å². The molecule has 0 heterocycles. The Bertz CT molecular complexity index is 1030. The number of halogens is 4. The molecule has 0 aliphatic heterocycles. The maximum atomic E-state index is 14.8. The Hall–Kier alpha value is -1.96. The molecule has 0 aromatic heterocycles. The number of hydrogen-bond acceptors (Lipinski definition) is 5. The predicted octanol–water partition coefficient (Wildman–Crippen LogP) is 5.61. The minimum Gasteiger partial charge on any atom is -0.414 e. The van der Waals surface area contributed by atoms with Gasteiger partial charge in [-0.15, -0.1) is 0 Å².